The topological polar surface area (TPSA) is 35.0 Å². The van der Waals surface area contributed by atoms with Gasteiger partial charge in [-0.05, 0) is 5.92 Å². The van der Waals surface area contributed by atoms with Crippen molar-refractivity contribution >= 4 is 23.4 Å². The van der Waals surface area contributed by atoms with E-state index in [9.17, 15) is 0 Å². The lowest BCUT2D eigenvalue weighted by atomic mass is 10.3. The highest BCUT2D eigenvalue weighted by Gasteiger charge is 2.10. The van der Waals surface area contributed by atoms with Gasteiger partial charge in [0, 0.05) is 5.75 Å². The van der Waals surface area contributed by atoms with Gasteiger partial charge in [-0.2, -0.15) is 0 Å². The first-order valence-corrected chi connectivity index (χ1v) is 5.68. The standard InChI is InChI=1S/C9H13ClN2OS/c1-6(2)4-14-9-7(13-3)8(10)11-5-12-9/h5-6H,4H2,1-3H3. The lowest BCUT2D eigenvalue weighted by Crippen LogP contribution is -1.96. The van der Waals surface area contributed by atoms with Gasteiger partial charge in [0.25, 0.3) is 0 Å². The Morgan fingerprint density at radius 2 is 2.21 bits per heavy atom. The molecule has 0 saturated carbocycles. The molecule has 1 aromatic rings. The van der Waals surface area contributed by atoms with E-state index in [0.717, 1.165) is 10.8 Å². The minimum absolute atomic E-state index is 0.369. The predicted octanol–water partition coefficient (Wildman–Crippen LogP) is 2.89. The third-order valence-electron chi connectivity index (χ3n) is 1.49. The monoisotopic (exact) mass is 232 g/mol. The molecule has 78 valence electrons. The molecule has 0 amide bonds. The van der Waals surface area contributed by atoms with Crippen molar-refractivity contribution in [3.05, 3.63) is 11.5 Å². The number of methoxy groups -OCH3 is 1. The van der Waals surface area contributed by atoms with Gasteiger partial charge in [-0.3, -0.25) is 0 Å². The molecule has 1 rings (SSSR count). The lowest BCUT2D eigenvalue weighted by Gasteiger charge is -2.08. The Bertz CT molecular complexity index is 307. The second-order valence-corrected chi connectivity index (χ2v) is 4.57. The average molecular weight is 233 g/mol. The summed E-state index contributed by atoms with van der Waals surface area (Å²) in [7, 11) is 1.57. The van der Waals surface area contributed by atoms with Crippen molar-refractivity contribution in [1.29, 1.82) is 0 Å². The fraction of sp³-hybridized carbons (Fsp3) is 0.556. The van der Waals surface area contributed by atoms with Crippen molar-refractivity contribution in [2.45, 2.75) is 18.9 Å². The molecule has 1 aromatic heterocycles. The molecule has 0 saturated heterocycles. The van der Waals surface area contributed by atoms with Gasteiger partial charge < -0.3 is 4.74 Å². The third kappa shape index (κ3) is 3.03. The fourth-order valence-electron chi connectivity index (χ4n) is 0.857. The van der Waals surface area contributed by atoms with E-state index in [1.54, 1.807) is 18.9 Å². The normalized spacial score (nSPS) is 10.6. The molecule has 14 heavy (non-hydrogen) atoms. The number of halogens is 1. The minimum atomic E-state index is 0.369. The van der Waals surface area contributed by atoms with Gasteiger partial charge in [-0.15, -0.1) is 11.8 Å². The van der Waals surface area contributed by atoms with Gasteiger partial charge in [0.15, 0.2) is 10.9 Å². The summed E-state index contributed by atoms with van der Waals surface area (Å²) in [6.07, 6.45) is 1.45. The van der Waals surface area contributed by atoms with Crippen LogP contribution in [0.5, 0.6) is 5.75 Å². The van der Waals surface area contributed by atoms with E-state index in [1.807, 2.05) is 0 Å². The van der Waals surface area contributed by atoms with Gasteiger partial charge in [-0.1, -0.05) is 25.4 Å². The van der Waals surface area contributed by atoms with Crippen LogP contribution in [0.3, 0.4) is 0 Å². The van der Waals surface area contributed by atoms with Crippen LogP contribution in [0.2, 0.25) is 5.15 Å². The Morgan fingerprint density at radius 3 is 2.79 bits per heavy atom. The molecule has 5 heteroatoms. The summed E-state index contributed by atoms with van der Waals surface area (Å²) < 4.78 is 5.13. The summed E-state index contributed by atoms with van der Waals surface area (Å²) in [6.45, 7) is 4.31. The van der Waals surface area contributed by atoms with Crippen molar-refractivity contribution < 1.29 is 4.74 Å². The van der Waals surface area contributed by atoms with Gasteiger partial charge in [0.1, 0.15) is 11.4 Å². The molecule has 0 aromatic carbocycles. The molecular weight excluding hydrogens is 220 g/mol. The van der Waals surface area contributed by atoms with Crippen LogP contribution >= 0.6 is 23.4 Å². The fourth-order valence-corrected chi connectivity index (χ4v) is 2.05. The molecule has 0 unspecified atom stereocenters. The van der Waals surface area contributed by atoms with E-state index >= 15 is 0 Å². The highest BCUT2D eigenvalue weighted by atomic mass is 35.5. The molecule has 0 radical (unpaired) electrons. The van der Waals surface area contributed by atoms with Gasteiger partial charge in [-0.25, -0.2) is 9.97 Å². The van der Waals surface area contributed by atoms with E-state index < -0.39 is 0 Å². The molecule has 3 nitrogen and oxygen atoms in total. The molecular formula is C9H13ClN2OS. The van der Waals surface area contributed by atoms with Gasteiger partial charge in [0.05, 0.1) is 7.11 Å². The van der Waals surface area contributed by atoms with Crippen LogP contribution in [0, 0.1) is 5.92 Å². The first-order valence-electron chi connectivity index (χ1n) is 4.32. The van der Waals surface area contributed by atoms with Crippen LogP contribution in [0.15, 0.2) is 11.4 Å². The van der Waals surface area contributed by atoms with E-state index in [1.165, 1.54) is 6.33 Å². The lowest BCUT2D eigenvalue weighted by molar-refractivity contribution is 0.398. The largest absolute Gasteiger partial charge is 0.491 e. The van der Waals surface area contributed by atoms with Crippen LogP contribution in [-0.2, 0) is 0 Å². The Morgan fingerprint density at radius 1 is 1.50 bits per heavy atom. The Kier molecular flexibility index (Phi) is 4.48. The first-order chi connectivity index (χ1) is 6.65. The molecule has 0 bridgehead atoms. The highest BCUT2D eigenvalue weighted by molar-refractivity contribution is 7.99. The SMILES string of the molecule is COc1c(Cl)ncnc1SCC(C)C. The number of aromatic nitrogens is 2. The van der Waals surface area contributed by atoms with E-state index in [0.29, 0.717) is 16.8 Å². The summed E-state index contributed by atoms with van der Waals surface area (Å²) in [4.78, 5) is 7.98. The number of nitrogens with zero attached hydrogens (tertiary/aromatic N) is 2. The van der Waals surface area contributed by atoms with E-state index in [2.05, 4.69) is 23.8 Å². The van der Waals surface area contributed by atoms with Crippen LogP contribution in [0.4, 0.5) is 0 Å². The summed E-state index contributed by atoms with van der Waals surface area (Å²) in [6, 6.07) is 0. The third-order valence-corrected chi connectivity index (χ3v) is 3.15. The van der Waals surface area contributed by atoms with Crippen molar-refractivity contribution in [3.63, 3.8) is 0 Å². The van der Waals surface area contributed by atoms with Gasteiger partial charge in [0.2, 0.25) is 0 Å². The van der Waals surface area contributed by atoms with Crippen LogP contribution in [0.1, 0.15) is 13.8 Å². The number of rotatable bonds is 4. The number of ether oxygens (including phenoxy) is 1. The van der Waals surface area contributed by atoms with E-state index in [-0.39, 0.29) is 0 Å². The Balaban J connectivity index is 2.80. The zero-order valence-electron chi connectivity index (χ0n) is 8.45. The zero-order valence-corrected chi connectivity index (χ0v) is 10.0. The average Bonchev–Trinajstić information content (AvgIpc) is 2.14. The molecule has 1 heterocycles. The highest BCUT2D eigenvalue weighted by Crippen LogP contribution is 2.32. The smallest absolute Gasteiger partial charge is 0.188 e. The summed E-state index contributed by atoms with van der Waals surface area (Å²) in [5.41, 5.74) is 0. The number of thioether (sulfide) groups is 1. The summed E-state index contributed by atoms with van der Waals surface area (Å²) >= 11 is 7.49. The Labute approximate surface area is 93.2 Å². The quantitative estimate of drug-likeness (QED) is 0.591. The molecule has 0 aliphatic carbocycles. The van der Waals surface area contributed by atoms with E-state index in [4.69, 9.17) is 16.3 Å². The van der Waals surface area contributed by atoms with Crippen molar-refractivity contribution in [2.24, 2.45) is 5.92 Å². The summed E-state index contributed by atoms with van der Waals surface area (Å²) in [5.74, 6) is 2.17. The second kappa shape index (κ2) is 5.41. The predicted molar refractivity (Wildman–Crippen MR) is 59.2 cm³/mol. The van der Waals surface area contributed by atoms with Gasteiger partial charge >= 0.3 is 0 Å². The number of hydrogen-bond acceptors (Lipinski definition) is 4. The maximum atomic E-state index is 5.86. The molecule has 0 atom stereocenters. The first kappa shape index (κ1) is 11.6. The van der Waals surface area contributed by atoms with Crippen LogP contribution in [-0.4, -0.2) is 22.8 Å². The molecule has 0 spiro atoms. The zero-order chi connectivity index (χ0) is 10.6. The van der Waals surface area contributed by atoms with Crippen molar-refractivity contribution in [3.8, 4) is 5.75 Å². The molecule has 0 N–H and O–H groups in total. The Hall–Kier alpha value is -0.480. The molecule has 0 aliphatic heterocycles. The summed E-state index contributed by atoms with van der Waals surface area (Å²) in [5, 5.41) is 1.18. The maximum absolute atomic E-state index is 5.86. The number of hydrogen-bond donors (Lipinski definition) is 0. The van der Waals surface area contributed by atoms with Crippen molar-refractivity contribution in [1.82, 2.24) is 9.97 Å². The molecule has 0 aliphatic rings. The maximum Gasteiger partial charge on any atom is 0.188 e. The second-order valence-electron chi connectivity index (χ2n) is 3.21. The molecule has 0 fully saturated rings. The minimum Gasteiger partial charge on any atom is -0.491 e. The van der Waals surface area contributed by atoms with Crippen molar-refractivity contribution in [2.75, 3.05) is 12.9 Å². The van der Waals surface area contributed by atoms with Crippen LogP contribution < -0.4 is 4.74 Å². The van der Waals surface area contributed by atoms with Crippen LogP contribution in [0.25, 0.3) is 0 Å².